The summed E-state index contributed by atoms with van der Waals surface area (Å²) in [4.78, 5) is 24.1. The van der Waals surface area contributed by atoms with Gasteiger partial charge in [0, 0.05) is 0 Å². The fraction of sp³-hybridized carbons (Fsp3) is 0.250. The Hall–Kier alpha value is -2.87. The molecule has 2 N–H and O–H groups in total. The van der Waals surface area contributed by atoms with Gasteiger partial charge in [0.25, 0.3) is 0 Å². The van der Waals surface area contributed by atoms with Crippen molar-refractivity contribution in [3.05, 3.63) is 64.1 Å². The Balaban J connectivity index is 1.98. The van der Waals surface area contributed by atoms with Crippen LogP contribution in [0.25, 0.3) is 0 Å². The molecule has 2 rings (SSSR count). The summed E-state index contributed by atoms with van der Waals surface area (Å²) in [5.74, 6) is 0.367. The van der Waals surface area contributed by atoms with Crippen molar-refractivity contribution in [2.75, 3.05) is 13.7 Å². The van der Waals surface area contributed by atoms with Gasteiger partial charge in [-0.15, -0.1) is 0 Å². The number of methoxy groups -OCH3 is 1. The highest BCUT2D eigenvalue weighted by Crippen LogP contribution is 2.24. The van der Waals surface area contributed by atoms with Gasteiger partial charge in [-0.3, -0.25) is 4.79 Å². The van der Waals surface area contributed by atoms with Gasteiger partial charge in [-0.2, -0.15) is 5.10 Å². The average Bonchev–Trinajstić information content (AvgIpc) is 2.68. The van der Waals surface area contributed by atoms with Crippen molar-refractivity contribution in [1.82, 2.24) is 10.7 Å². The number of hydrogen-bond acceptors (Lipinski definition) is 5. The molecule has 1 atom stereocenters. The fourth-order valence-corrected chi connectivity index (χ4v) is 2.98. The molecule has 148 valence electrons. The van der Waals surface area contributed by atoms with E-state index < -0.39 is 12.1 Å². The maximum atomic E-state index is 12.3. The Morgan fingerprint density at radius 3 is 2.61 bits per heavy atom. The number of hydrogen-bond donors (Lipinski definition) is 2. The maximum absolute atomic E-state index is 12.3. The molecule has 7 nitrogen and oxygen atoms in total. The van der Waals surface area contributed by atoms with Crippen molar-refractivity contribution < 1.29 is 19.1 Å². The molecule has 0 bridgehead atoms. The van der Waals surface area contributed by atoms with Crippen LogP contribution in [0.2, 0.25) is 0 Å². The van der Waals surface area contributed by atoms with Gasteiger partial charge in [-0.1, -0.05) is 30.3 Å². The van der Waals surface area contributed by atoms with Crippen molar-refractivity contribution in [1.29, 1.82) is 0 Å². The van der Waals surface area contributed by atoms with E-state index in [1.165, 1.54) is 6.21 Å². The molecule has 0 saturated carbocycles. The van der Waals surface area contributed by atoms with Crippen LogP contribution in [0.4, 0.5) is 4.79 Å². The first kappa shape index (κ1) is 21.4. The summed E-state index contributed by atoms with van der Waals surface area (Å²) in [7, 11) is 1.58. The van der Waals surface area contributed by atoms with Crippen LogP contribution >= 0.6 is 15.9 Å². The lowest BCUT2D eigenvalue weighted by Crippen LogP contribution is -2.33. The van der Waals surface area contributed by atoms with Crippen LogP contribution in [-0.2, 0) is 9.53 Å². The molecule has 0 unspecified atom stereocenters. The molecule has 0 aliphatic heterocycles. The van der Waals surface area contributed by atoms with Crippen LogP contribution in [0.3, 0.4) is 0 Å². The summed E-state index contributed by atoms with van der Waals surface area (Å²) in [6.45, 7) is 1.97. The number of nitrogens with zero attached hydrogens (tertiary/aromatic N) is 1. The molecule has 0 aliphatic carbocycles. The summed E-state index contributed by atoms with van der Waals surface area (Å²) >= 11 is 3.40. The fourth-order valence-electron chi connectivity index (χ4n) is 2.43. The third-order valence-electron chi connectivity index (χ3n) is 3.74. The zero-order valence-electron chi connectivity index (χ0n) is 15.6. The summed E-state index contributed by atoms with van der Waals surface area (Å²) in [5, 5.41) is 6.67. The van der Waals surface area contributed by atoms with E-state index in [-0.39, 0.29) is 18.9 Å². The molecule has 0 aromatic heterocycles. The Kier molecular flexibility index (Phi) is 8.48. The zero-order chi connectivity index (χ0) is 20.4. The van der Waals surface area contributed by atoms with E-state index in [1.807, 2.05) is 42.5 Å². The Bertz CT molecular complexity index is 827. The normalized spacial score (nSPS) is 11.7. The lowest BCUT2D eigenvalue weighted by Gasteiger charge is -2.18. The average molecular weight is 448 g/mol. The van der Waals surface area contributed by atoms with Crippen LogP contribution in [0.5, 0.6) is 5.75 Å². The Morgan fingerprint density at radius 2 is 1.96 bits per heavy atom. The minimum absolute atomic E-state index is 0.0203. The van der Waals surface area contributed by atoms with Crippen LogP contribution in [0.15, 0.2) is 58.1 Å². The predicted molar refractivity (Wildman–Crippen MR) is 110 cm³/mol. The molecule has 0 saturated heterocycles. The van der Waals surface area contributed by atoms with Gasteiger partial charge in [0.15, 0.2) is 0 Å². The van der Waals surface area contributed by atoms with Gasteiger partial charge in [0.1, 0.15) is 5.75 Å². The van der Waals surface area contributed by atoms with E-state index in [1.54, 1.807) is 20.1 Å². The van der Waals surface area contributed by atoms with Crippen LogP contribution in [0, 0.1) is 0 Å². The van der Waals surface area contributed by atoms with Crippen molar-refractivity contribution in [3.8, 4) is 5.75 Å². The third-order valence-corrected chi connectivity index (χ3v) is 4.36. The number of rotatable bonds is 8. The van der Waals surface area contributed by atoms with E-state index >= 15 is 0 Å². The molecule has 8 heteroatoms. The van der Waals surface area contributed by atoms with Crippen molar-refractivity contribution in [2.45, 2.75) is 19.4 Å². The van der Waals surface area contributed by atoms with Crippen molar-refractivity contribution in [3.63, 3.8) is 0 Å². The minimum atomic E-state index is -0.573. The molecule has 0 aliphatic rings. The van der Waals surface area contributed by atoms with Gasteiger partial charge in [0.05, 0.1) is 36.9 Å². The van der Waals surface area contributed by atoms with Gasteiger partial charge < -0.3 is 14.8 Å². The van der Waals surface area contributed by atoms with Gasteiger partial charge in [-0.05, 0) is 52.2 Å². The van der Waals surface area contributed by atoms with Crippen molar-refractivity contribution in [2.24, 2.45) is 5.10 Å². The van der Waals surface area contributed by atoms with Crippen LogP contribution in [-0.4, -0.2) is 31.9 Å². The highest BCUT2D eigenvalue weighted by molar-refractivity contribution is 9.10. The Morgan fingerprint density at radius 1 is 1.21 bits per heavy atom. The topological polar surface area (TPSA) is 89.0 Å². The van der Waals surface area contributed by atoms with Crippen LogP contribution < -0.4 is 15.5 Å². The number of carbonyl (C=O) groups excluding carboxylic acids is 2. The first-order chi connectivity index (χ1) is 13.5. The van der Waals surface area contributed by atoms with E-state index in [0.717, 1.165) is 15.6 Å². The highest BCUT2D eigenvalue weighted by atomic mass is 79.9. The smallest absolute Gasteiger partial charge is 0.407 e. The number of nitrogens with one attached hydrogen (secondary N) is 2. The first-order valence-corrected chi connectivity index (χ1v) is 9.46. The second-order valence-corrected chi connectivity index (χ2v) is 6.57. The minimum Gasteiger partial charge on any atom is -0.496 e. The second kappa shape index (κ2) is 11.1. The highest BCUT2D eigenvalue weighted by Gasteiger charge is 2.18. The zero-order valence-corrected chi connectivity index (χ0v) is 17.2. The lowest BCUT2D eigenvalue weighted by atomic mass is 10.0. The number of amides is 2. The molecular weight excluding hydrogens is 426 g/mol. The molecular formula is C20H22BrN3O4. The van der Waals surface area contributed by atoms with E-state index in [4.69, 9.17) is 9.47 Å². The van der Waals surface area contributed by atoms with E-state index in [9.17, 15) is 9.59 Å². The van der Waals surface area contributed by atoms with Gasteiger partial charge in [-0.25, -0.2) is 10.2 Å². The number of benzene rings is 2. The lowest BCUT2D eigenvalue weighted by molar-refractivity contribution is -0.121. The predicted octanol–water partition coefficient (Wildman–Crippen LogP) is 3.79. The van der Waals surface area contributed by atoms with E-state index in [2.05, 4.69) is 31.8 Å². The molecule has 2 amide bonds. The van der Waals surface area contributed by atoms with Gasteiger partial charge in [0.2, 0.25) is 5.91 Å². The van der Waals surface area contributed by atoms with Crippen LogP contribution in [0.1, 0.15) is 30.5 Å². The first-order valence-electron chi connectivity index (χ1n) is 8.67. The number of hydrazone groups is 1. The Labute approximate surface area is 172 Å². The molecule has 0 fully saturated rings. The van der Waals surface area contributed by atoms with E-state index in [0.29, 0.717) is 5.75 Å². The standard InChI is InChI=1S/C20H22BrN3O4/c1-3-28-20(26)23-17(15-7-5-4-6-8-15)12-19(25)24-22-13-14-9-10-18(27-2)16(21)11-14/h4-11,13,17H,3,12H2,1-2H3,(H,23,26)(H,24,25)/b22-13-/t17-/m0/s1. The molecule has 0 radical (unpaired) electrons. The molecule has 2 aromatic carbocycles. The summed E-state index contributed by atoms with van der Waals surface area (Å²) in [5.41, 5.74) is 4.07. The maximum Gasteiger partial charge on any atom is 0.407 e. The SMILES string of the molecule is CCOC(=O)N[C@@H](CC(=O)N/N=C\c1ccc(OC)c(Br)c1)c1ccccc1. The third kappa shape index (κ3) is 6.70. The summed E-state index contributed by atoms with van der Waals surface area (Å²) < 4.78 is 10.9. The number of carbonyl (C=O) groups is 2. The number of halogens is 1. The molecule has 0 heterocycles. The number of ether oxygens (including phenoxy) is 2. The molecule has 0 spiro atoms. The largest absolute Gasteiger partial charge is 0.496 e. The monoisotopic (exact) mass is 447 g/mol. The quantitative estimate of drug-likeness (QED) is 0.475. The van der Waals surface area contributed by atoms with Gasteiger partial charge >= 0.3 is 6.09 Å². The van der Waals surface area contributed by atoms with Crippen molar-refractivity contribution >= 4 is 34.1 Å². The summed E-state index contributed by atoms with van der Waals surface area (Å²) in [6, 6.07) is 14.1. The number of alkyl carbamates (subject to hydrolysis) is 1. The molecule has 28 heavy (non-hydrogen) atoms. The summed E-state index contributed by atoms with van der Waals surface area (Å²) in [6.07, 6.45) is 0.973. The second-order valence-electron chi connectivity index (χ2n) is 5.72. The molecule has 2 aromatic rings.